The first-order valence-corrected chi connectivity index (χ1v) is 13.6. The summed E-state index contributed by atoms with van der Waals surface area (Å²) < 4.78 is 6.18. The molecule has 1 aromatic heterocycles. The number of amides is 1. The lowest BCUT2D eigenvalue weighted by atomic mass is 9.58. The zero-order valence-electron chi connectivity index (χ0n) is 23.9. The first kappa shape index (κ1) is 27.7. The molecule has 0 saturated heterocycles. The first-order chi connectivity index (χ1) is 19.8. The van der Waals surface area contributed by atoms with Gasteiger partial charge < -0.3 is 30.4 Å². The number of likely N-dealkylation sites (N-methyl/N-ethyl adjacent to an activating group) is 1. The van der Waals surface area contributed by atoms with Crippen molar-refractivity contribution in [3.63, 3.8) is 0 Å². The number of hydrogen-bond acceptors (Lipinski definition) is 10. The Morgan fingerprint density at radius 1 is 1.12 bits per heavy atom. The third-order valence-electron chi connectivity index (χ3n) is 8.86. The van der Waals surface area contributed by atoms with E-state index >= 15 is 0 Å². The molecule has 2 aromatic carbocycles. The fourth-order valence-corrected chi connectivity index (χ4v) is 6.91. The van der Waals surface area contributed by atoms with E-state index in [1.807, 2.05) is 56.3 Å². The lowest BCUT2D eigenvalue weighted by Gasteiger charge is -2.50. The lowest BCUT2D eigenvalue weighted by Crippen LogP contribution is -2.63. The summed E-state index contributed by atoms with van der Waals surface area (Å²) in [6.45, 7) is 1.97. The average molecular weight is 573 g/mol. The number of ketones is 2. The van der Waals surface area contributed by atoms with Gasteiger partial charge in [-0.1, -0.05) is 17.7 Å². The summed E-state index contributed by atoms with van der Waals surface area (Å²) in [6, 6.07) is 8.44. The SMILES string of the molecule is Cc1ccc(-c2nc3cc(N(C)C)c4c(c3o2)C(=O)C2=C(O)[C@]3(O)C(=O)C(C(N)=O)=C(O)[C@@H](N(C)C)[C@@H]3C[C@@H]2C4)cc1. The molecule has 0 fully saturated rings. The summed E-state index contributed by atoms with van der Waals surface area (Å²) in [6.07, 6.45) is 0.361. The van der Waals surface area contributed by atoms with Gasteiger partial charge in [0.05, 0.1) is 11.6 Å². The molecule has 0 aliphatic heterocycles. The number of allylic oxidation sites excluding steroid dienone is 1. The Kier molecular flexibility index (Phi) is 6.11. The van der Waals surface area contributed by atoms with Crippen LogP contribution in [-0.4, -0.2) is 82.5 Å². The van der Waals surface area contributed by atoms with Gasteiger partial charge in [0, 0.05) is 36.8 Å². The highest BCUT2D eigenvalue weighted by Gasteiger charge is 2.63. The van der Waals surface area contributed by atoms with Crippen LogP contribution in [0.15, 0.2) is 57.4 Å². The van der Waals surface area contributed by atoms with Crippen LogP contribution in [0.2, 0.25) is 0 Å². The number of aryl methyl sites for hydroxylation is 1. The topological polar surface area (TPSA) is 170 Å². The predicted octanol–water partition coefficient (Wildman–Crippen LogP) is 2.60. The summed E-state index contributed by atoms with van der Waals surface area (Å²) in [7, 11) is 6.93. The van der Waals surface area contributed by atoms with Gasteiger partial charge in [-0.25, -0.2) is 4.98 Å². The highest BCUT2D eigenvalue weighted by molar-refractivity contribution is 6.25. The molecule has 3 aromatic rings. The number of hydrogen-bond donors (Lipinski definition) is 4. The van der Waals surface area contributed by atoms with Crippen LogP contribution in [0.1, 0.15) is 27.9 Å². The summed E-state index contributed by atoms with van der Waals surface area (Å²) in [5, 5.41) is 34.5. The number of carbonyl (C=O) groups is 3. The molecule has 1 amide bonds. The van der Waals surface area contributed by atoms with Gasteiger partial charge in [-0.2, -0.15) is 0 Å². The van der Waals surface area contributed by atoms with Crippen LogP contribution in [-0.2, 0) is 16.0 Å². The number of rotatable bonds is 4. The zero-order chi connectivity index (χ0) is 30.4. The van der Waals surface area contributed by atoms with Gasteiger partial charge in [-0.3, -0.25) is 19.3 Å². The fraction of sp³-hybridized carbons (Fsp3) is 0.355. The number of Topliss-reactive ketones (excluding diaryl/α,β-unsaturated/α-hetero) is 2. The second kappa shape index (κ2) is 9.27. The molecule has 6 rings (SSSR count). The molecular weight excluding hydrogens is 540 g/mol. The Bertz CT molecular complexity index is 1770. The van der Waals surface area contributed by atoms with Crippen LogP contribution in [0, 0.1) is 18.8 Å². The van der Waals surface area contributed by atoms with Gasteiger partial charge in [0.1, 0.15) is 22.6 Å². The van der Waals surface area contributed by atoms with Crippen molar-refractivity contribution < 1.29 is 34.1 Å². The van der Waals surface area contributed by atoms with Crippen LogP contribution in [0.3, 0.4) is 0 Å². The van der Waals surface area contributed by atoms with E-state index in [-0.39, 0.29) is 23.1 Å². The molecule has 0 bridgehead atoms. The fourth-order valence-electron chi connectivity index (χ4n) is 6.91. The molecule has 5 N–H and O–H groups in total. The Balaban J connectivity index is 1.58. The number of primary amides is 1. The Labute approximate surface area is 241 Å². The summed E-state index contributed by atoms with van der Waals surface area (Å²) >= 11 is 0. The van der Waals surface area contributed by atoms with Gasteiger partial charge in [-0.05, 0) is 63.5 Å². The Morgan fingerprint density at radius 3 is 2.38 bits per heavy atom. The van der Waals surface area contributed by atoms with Crippen LogP contribution in [0.25, 0.3) is 22.6 Å². The molecule has 0 spiro atoms. The predicted molar refractivity (Wildman–Crippen MR) is 154 cm³/mol. The standard InChI is InChI=1S/C31H32N4O7/c1-13-6-8-14(9-7-13)30-33-18-12-19(34(2)3)16-10-15-11-17-23(35(4)5)25(37)22(29(32)40)28(39)31(17,41)27(38)20(15)24(36)21(16)26(18)42-30/h6-9,12,15,17,23,37-38,41H,10-11H2,1-5H3,(H2,32,40)/t15-,17-,23-,31-/m0/s1. The molecule has 0 saturated carbocycles. The van der Waals surface area contributed by atoms with Gasteiger partial charge in [0.15, 0.2) is 17.0 Å². The van der Waals surface area contributed by atoms with Crippen LogP contribution in [0.5, 0.6) is 0 Å². The van der Waals surface area contributed by atoms with Crippen LogP contribution < -0.4 is 10.6 Å². The second-order valence-electron chi connectivity index (χ2n) is 11.8. The maximum Gasteiger partial charge on any atom is 0.255 e. The normalized spacial score (nSPS) is 25.5. The maximum absolute atomic E-state index is 14.3. The third kappa shape index (κ3) is 3.66. The van der Waals surface area contributed by atoms with E-state index in [0.717, 1.165) is 16.8 Å². The molecule has 0 radical (unpaired) electrons. The minimum Gasteiger partial charge on any atom is -0.510 e. The van der Waals surface area contributed by atoms with Crippen molar-refractivity contribution in [3.05, 3.63) is 69.7 Å². The van der Waals surface area contributed by atoms with Gasteiger partial charge in [0.2, 0.25) is 11.7 Å². The van der Waals surface area contributed by atoms with Gasteiger partial charge in [0.25, 0.3) is 5.91 Å². The average Bonchev–Trinajstić information content (AvgIpc) is 3.34. The number of nitrogens with two attached hydrogens (primary N) is 1. The Hall–Kier alpha value is -4.48. The van der Waals surface area contributed by atoms with Crippen molar-refractivity contribution in [3.8, 4) is 11.5 Å². The maximum atomic E-state index is 14.3. The molecule has 11 nitrogen and oxygen atoms in total. The molecule has 42 heavy (non-hydrogen) atoms. The Morgan fingerprint density at radius 2 is 1.79 bits per heavy atom. The van der Waals surface area contributed by atoms with E-state index in [1.54, 1.807) is 19.0 Å². The van der Waals surface area contributed by atoms with E-state index in [4.69, 9.17) is 10.2 Å². The minimum atomic E-state index is -2.64. The molecule has 4 atom stereocenters. The lowest BCUT2D eigenvalue weighted by molar-refractivity contribution is -0.148. The van der Waals surface area contributed by atoms with Gasteiger partial charge >= 0.3 is 0 Å². The van der Waals surface area contributed by atoms with E-state index in [0.29, 0.717) is 23.4 Å². The van der Waals surface area contributed by atoms with Crippen molar-refractivity contribution in [2.45, 2.75) is 31.4 Å². The van der Waals surface area contributed by atoms with Gasteiger partial charge in [-0.15, -0.1) is 0 Å². The number of anilines is 1. The molecular formula is C31H32N4O7. The summed E-state index contributed by atoms with van der Waals surface area (Å²) in [5.41, 5.74) is 5.98. The van der Waals surface area contributed by atoms with Crippen molar-refractivity contribution in [2.75, 3.05) is 33.1 Å². The van der Waals surface area contributed by atoms with Crippen LogP contribution >= 0.6 is 0 Å². The quantitative estimate of drug-likeness (QED) is 0.341. The van der Waals surface area contributed by atoms with Crippen molar-refractivity contribution in [1.29, 1.82) is 0 Å². The first-order valence-electron chi connectivity index (χ1n) is 13.6. The monoisotopic (exact) mass is 572 g/mol. The number of aliphatic hydroxyl groups is 3. The molecule has 0 unspecified atom stereocenters. The number of aliphatic hydroxyl groups excluding tert-OH is 2. The second-order valence-corrected chi connectivity index (χ2v) is 11.8. The number of oxazole rings is 1. The molecule has 1 heterocycles. The third-order valence-corrected chi connectivity index (χ3v) is 8.86. The van der Waals surface area contributed by atoms with E-state index < -0.39 is 58.0 Å². The van der Waals surface area contributed by atoms with Crippen molar-refractivity contribution in [1.82, 2.24) is 9.88 Å². The number of nitrogens with zero attached hydrogens (tertiary/aromatic N) is 3. The van der Waals surface area contributed by atoms with Crippen molar-refractivity contribution >= 4 is 34.3 Å². The van der Waals surface area contributed by atoms with E-state index in [2.05, 4.69) is 4.98 Å². The minimum absolute atomic E-state index is 0.0711. The van der Waals surface area contributed by atoms with E-state index in [1.165, 1.54) is 0 Å². The number of aromatic nitrogens is 1. The number of benzene rings is 2. The van der Waals surface area contributed by atoms with E-state index in [9.17, 15) is 29.7 Å². The number of fused-ring (bicyclic) bond motifs is 5. The smallest absolute Gasteiger partial charge is 0.255 e. The summed E-state index contributed by atoms with van der Waals surface area (Å²) in [5.74, 6) is -5.79. The molecule has 3 aliphatic rings. The summed E-state index contributed by atoms with van der Waals surface area (Å²) in [4.78, 5) is 48.2. The van der Waals surface area contributed by atoms with Crippen LogP contribution in [0.4, 0.5) is 5.69 Å². The molecule has 3 aliphatic carbocycles. The zero-order valence-corrected chi connectivity index (χ0v) is 23.9. The molecule has 218 valence electrons. The highest BCUT2D eigenvalue weighted by atomic mass is 16.4. The van der Waals surface area contributed by atoms with Crippen molar-refractivity contribution in [2.24, 2.45) is 17.6 Å². The highest BCUT2D eigenvalue weighted by Crippen LogP contribution is 2.53. The largest absolute Gasteiger partial charge is 0.510 e. The number of carbonyl (C=O) groups excluding carboxylic acids is 3. The molecule has 11 heteroatoms.